The summed E-state index contributed by atoms with van der Waals surface area (Å²) >= 11 is 0. The van der Waals surface area contributed by atoms with Crippen molar-refractivity contribution in [1.29, 1.82) is 0 Å². The Kier molecular flexibility index (Phi) is 7.55. The molecule has 1 fully saturated rings. The molecule has 1 saturated carbocycles. The van der Waals surface area contributed by atoms with E-state index in [1.165, 1.54) is 0 Å². The molecule has 0 amide bonds. The maximum Gasteiger partial charge on any atom is 0.341 e. The van der Waals surface area contributed by atoms with E-state index in [1.807, 2.05) is 0 Å². The minimum atomic E-state index is -1.17. The Bertz CT molecular complexity index is 807. The van der Waals surface area contributed by atoms with Crippen molar-refractivity contribution in [2.24, 2.45) is 11.3 Å². The highest BCUT2D eigenvalue weighted by Gasteiger charge is 2.40. The number of hydrogen-bond donors (Lipinski definition) is 2. The summed E-state index contributed by atoms with van der Waals surface area (Å²) in [6, 6.07) is 0. The lowest BCUT2D eigenvalue weighted by Gasteiger charge is -2.37. The first-order chi connectivity index (χ1) is 14.2. The fourth-order valence-electron chi connectivity index (χ4n) is 4.29. The van der Waals surface area contributed by atoms with Gasteiger partial charge in [-0.25, -0.2) is 4.79 Å². The van der Waals surface area contributed by atoms with Crippen molar-refractivity contribution in [3.8, 4) is 0 Å². The van der Waals surface area contributed by atoms with Crippen LogP contribution in [0, 0.1) is 11.3 Å². The van der Waals surface area contributed by atoms with Gasteiger partial charge in [-0.1, -0.05) is 25.9 Å². The Balaban J connectivity index is 2.24. The summed E-state index contributed by atoms with van der Waals surface area (Å²) < 4.78 is 10.8. The van der Waals surface area contributed by atoms with E-state index in [-0.39, 0.29) is 41.9 Å². The number of carbonyl (C=O) groups excluding carboxylic acids is 1. The van der Waals surface area contributed by atoms with E-state index < -0.39 is 29.4 Å². The Morgan fingerprint density at radius 3 is 2.23 bits per heavy atom. The van der Waals surface area contributed by atoms with Gasteiger partial charge >= 0.3 is 17.9 Å². The van der Waals surface area contributed by atoms with Crippen LogP contribution in [0.5, 0.6) is 0 Å². The van der Waals surface area contributed by atoms with Gasteiger partial charge in [-0.2, -0.15) is 0 Å². The van der Waals surface area contributed by atoms with Crippen molar-refractivity contribution >= 4 is 17.9 Å². The number of rotatable bonds is 9. The number of aromatic nitrogens is 1. The minimum Gasteiger partial charge on any atom is -0.481 e. The van der Waals surface area contributed by atoms with Crippen LogP contribution in [0.2, 0.25) is 0 Å². The number of ether oxygens (including phenoxy) is 1. The summed E-state index contributed by atoms with van der Waals surface area (Å²) in [7, 11) is 0. The van der Waals surface area contributed by atoms with Gasteiger partial charge in [-0.15, -0.1) is 0 Å². The monoisotopic (exact) mass is 437 g/mol. The molecular formula is C23H35NO7. The summed E-state index contributed by atoms with van der Waals surface area (Å²) in [5.74, 6) is -2.63. The van der Waals surface area contributed by atoms with Crippen LogP contribution in [0.3, 0.4) is 0 Å². The van der Waals surface area contributed by atoms with Crippen molar-refractivity contribution in [3.63, 3.8) is 0 Å². The van der Waals surface area contributed by atoms with Gasteiger partial charge in [0.1, 0.15) is 16.9 Å². The van der Waals surface area contributed by atoms with Gasteiger partial charge in [0.05, 0.1) is 6.42 Å². The molecule has 2 rings (SSSR count). The highest BCUT2D eigenvalue weighted by Crippen LogP contribution is 2.48. The summed E-state index contributed by atoms with van der Waals surface area (Å²) in [5, 5.41) is 23.0. The maximum absolute atomic E-state index is 12.4. The lowest BCUT2D eigenvalue weighted by molar-refractivity contribution is -0.155. The number of nitrogens with zero attached hydrogens (tertiary/aromatic N) is 1. The summed E-state index contributed by atoms with van der Waals surface area (Å²) in [6.07, 6.45) is 2.40. The molecular weight excluding hydrogens is 402 g/mol. The fourth-order valence-corrected chi connectivity index (χ4v) is 4.29. The average molecular weight is 438 g/mol. The normalized spacial score (nSPS) is 20.1. The quantitative estimate of drug-likeness (QED) is 0.518. The predicted molar refractivity (Wildman–Crippen MR) is 113 cm³/mol. The SMILES string of the molecule is CC(C)(C)CC1CC(c2onc(C(CCC(=O)O)CC(=O)OC(C)(C)C)c2C(=O)O)C1. The summed E-state index contributed by atoms with van der Waals surface area (Å²) in [6.45, 7) is 11.7. The van der Waals surface area contributed by atoms with Crippen molar-refractivity contribution < 1.29 is 33.9 Å². The minimum absolute atomic E-state index is 0.0265. The number of carboxylic acids is 2. The summed E-state index contributed by atoms with van der Waals surface area (Å²) in [5.41, 5.74) is -0.396. The molecule has 0 bridgehead atoms. The molecule has 1 unspecified atom stereocenters. The first-order valence-corrected chi connectivity index (χ1v) is 10.8. The highest BCUT2D eigenvalue weighted by atomic mass is 16.6. The third-order valence-electron chi connectivity index (χ3n) is 5.39. The van der Waals surface area contributed by atoms with Crippen LogP contribution in [-0.4, -0.2) is 38.9 Å². The van der Waals surface area contributed by atoms with E-state index in [2.05, 4.69) is 25.9 Å². The number of carboxylic acid groups (broad SMARTS) is 2. The number of carbonyl (C=O) groups is 3. The lowest BCUT2D eigenvalue weighted by atomic mass is 9.67. The number of hydrogen-bond acceptors (Lipinski definition) is 6. The lowest BCUT2D eigenvalue weighted by Crippen LogP contribution is -2.27. The molecule has 1 aliphatic rings. The van der Waals surface area contributed by atoms with E-state index in [0.29, 0.717) is 11.7 Å². The van der Waals surface area contributed by atoms with Gasteiger partial charge in [0.15, 0.2) is 5.76 Å². The molecule has 1 aromatic heterocycles. The largest absolute Gasteiger partial charge is 0.481 e. The van der Waals surface area contributed by atoms with E-state index >= 15 is 0 Å². The third-order valence-corrected chi connectivity index (χ3v) is 5.39. The second-order valence-corrected chi connectivity index (χ2v) is 10.8. The third kappa shape index (κ3) is 7.36. The Morgan fingerprint density at radius 2 is 1.74 bits per heavy atom. The zero-order valence-electron chi connectivity index (χ0n) is 19.4. The molecule has 0 aliphatic heterocycles. The molecule has 2 N–H and O–H groups in total. The smallest absolute Gasteiger partial charge is 0.341 e. The molecule has 8 nitrogen and oxygen atoms in total. The van der Waals surface area contributed by atoms with Crippen LogP contribution in [0.4, 0.5) is 0 Å². The van der Waals surface area contributed by atoms with Crippen LogP contribution in [0.1, 0.15) is 114 Å². The second kappa shape index (κ2) is 9.40. The van der Waals surface area contributed by atoms with Crippen LogP contribution in [0.15, 0.2) is 4.52 Å². The Labute approximate surface area is 183 Å². The number of aliphatic carboxylic acids is 1. The Hall–Kier alpha value is -2.38. The van der Waals surface area contributed by atoms with Gasteiger partial charge in [0, 0.05) is 18.3 Å². The van der Waals surface area contributed by atoms with Crippen molar-refractivity contribution in [2.75, 3.05) is 0 Å². The topological polar surface area (TPSA) is 127 Å². The number of esters is 1. The first kappa shape index (κ1) is 24.9. The van der Waals surface area contributed by atoms with E-state index in [1.54, 1.807) is 20.8 Å². The zero-order chi connectivity index (χ0) is 23.6. The van der Waals surface area contributed by atoms with Crippen LogP contribution < -0.4 is 0 Å². The average Bonchev–Trinajstić information content (AvgIpc) is 2.96. The van der Waals surface area contributed by atoms with E-state index in [9.17, 15) is 19.5 Å². The number of aromatic carboxylic acids is 1. The van der Waals surface area contributed by atoms with Gasteiger partial charge in [0.2, 0.25) is 0 Å². The van der Waals surface area contributed by atoms with Crippen LogP contribution in [0.25, 0.3) is 0 Å². The van der Waals surface area contributed by atoms with Crippen molar-refractivity contribution in [1.82, 2.24) is 5.16 Å². The summed E-state index contributed by atoms with van der Waals surface area (Å²) in [4.78, 5) is 35.6. The van der Waals surface area contributed by atoms with Crippen LogP contribution >= 0.6 is 0 Å². The molecule has 8 heteroatoms. The van der Waals surface area contributed by atoms with Crippen molar-refractivity contribution in [3.05, 3.63) is 17.0 Å². The first-order valence-electron chi connectivity index (χ1n) is 10.8. The maximum atomic E-state index is 12.4. The predicted octanol–water partition coefficient (Wildman–Crippen LogP) is 4.98. The van der Waals surface area contributed by atoms with Gasteiger partial charge in [-0.05, 0) is 57.8 Å². The van der Waals surface area contributed by atoms with Gasteiger partial charge in [0.25, 0.3) is 0 Å². The molecule has 31 heavy (non-hydrogen) atoms. The molecule has 0 radical (unpaired) electrons. The van der Waals surface area contributed by atoms with E-state index in [4.69, 9.17) is 14.4 Å². The fraction of sp³-hybridized carbons (Fsp3) is 0.739. The molecule has 174 valence electrons. The molecule has 1 heterocycles. The van der Waals surface area contributed by atoms with E-state index in [0.717, 1.165) is 19.3 Å². The molecule has 0 saturated heterocycles. The van der Waals surface area contributed by atoms with Gasteiger partial charge < -0.3 is 19.5 Å². The van der Waals surface area contributed by atoms with Crippen molar-refractivity contribution in [2.45, 2.75) is 97.5 Å². The molecule has 1 aromatic rings. The highest BCUT2D eigenvalue weighted by molar-refractivity contribution is 5.90. The molecule has 0 spiro atoms. The Morgan fingerprint density at radius 1 is 1.13 bits per heavy atom. The molecule has 1 aliphatic carbocycles. The molecule has 0 aromatic carbocycles. The standard InChI is InChI=1S/C23H35NO7/c1-22(2,3)12-13-9-15(10-13)20-18(21(28)29)19(24-31-20)14(7-8-16(25)26)11-17(27)30-23(4,5)6/h13-15H,7-12H2,1-6H3,(H,25,26)(H,28,29). The molecule has 1 atom stereocenters. The van der Waals surface area contributed by atoms with Crippen LogP contribution in [-0.2, 0) is 14.3 Å². The zero-order valence-corrected chi connectivity index (χ0v) is 19.4. The second-order valence-electron chi connectivity index (χ2n) is 10.8. The van der Waals surface area contributed by atoms with Gasteiger partial charge in [-0.3, -0.25) is 9.59 Å².